The number of hydrogen-bond acceptors (Lipinski definition) is 2. The molecular formula is C24H34OS. The molecule has 2 aromatic rings. The summed E-state index contributed by atoms with van der Waals surface area (Å²) in [5, 5.41) is 10.9. The molecule has 0 aromatic heterocycles. The lowest BCUT2D eigenvalue weighted by Crippen LogP contribution is -2.22. The van der Waals surface area contributed by atoms with E-state index in [1.54, 1.807) is 0 Å². The Bertz CT molecular complexity index is 711. The zero-order valence-electron chi connectivity index (χ0n) is 17.6. The molecule has 0 fully saturated rings. The number of thioether (sulfide) groups is 1. The maximum atomic E-state index is 10.9. The lowest BCUT2D eigenvalue weighted by molar-refractivity contribution is 0.422. The van der Waals surface area contributed by atoms with Gasteiger partial charge in [-0.3, -0.25) is 0 Å². The number of phenolic OH excluding ortho intramolecular Hbond substituents is 1. The van der Waals surface area contributed by atoms with Gasteiger partial charge in [0.2, 0.25) is 0 Å². The minimum atomic E-state index is -0.0865. The molecule has 2 heteroatoms. The molecule has 0 atom stereocenters. The van der Waals surface area contributed by atoms with E-state index in [0.29, 0.717) is 5.75 Å². The topological polar surface area (TPSA) is 20.2 Å². The molecule has 1 nitrogen and oxygen atoms in total. The number of rotatable bonds is 4. The zero-order valence-corrected chi connectivity index (χ0v) is 18.4. The molecular weight excluding hydrogens is 336 g/mol. The Hall–Kier alpha value is -1.41. The van der Waals surface area contributed by atoms with Crippen molar-refractivity contribution in [1.82, 2.24) is 0 Å². The summed E-state index contributed by atoms with van der Waals surface area (Å²) in [6, 6.07) is 15.0. The Kier molecular flexibility index (Phi) is 5.87. The molecule has 0 unspecified atom stereocenters. The number of benzene rings is 2. The maximum Gasteiger partial charge on any atom is 0.123 e. The Balaban J connectivity index is 2.42. The van der Waals surface area contributed by atoms with Crippen LogP contribution in [-0.4, -0.2) is 9.85 Å². The normalized spacial score (nSPS) is 13.1. The monoisotopic (exact) mass is 370 g/mol. The van der Waals surface area contributed by atoms with Gasteiger partial charge in [-0.1, -0.05) is 85.7 Å². The van der Waals surface area contributed by atoms with Crippen molar-refractivity contribution in [2.24, 2.45) is 0 Å². The van der Waals surface area contributed by atoms with Crippen molar-refractivity contribution in [3.05, 3.63) is 59.2 Å². The van der Waals surface area contributed by atoms with E-state index >= 15 is 0 Å². The van der Waals surface area contributed by atoms with E-state index in [4.69, 9.17) is 0 Å². The van der Waals surface area contributed by atoms with E-state index in [9.17, 15) is 5.11 Å². The molecule has 0 aliphatic heterocycles. The highest BCUT2D eigenvalue weighted by Crippen LogP contribution is 2.42. The first-order valence-electron chi connectivity index (χ1n) is 9.40. The molecule has 0 aliphatic rings. The predicted octanol–water partition coefficient (Wildman–Crippen LogP) is 7.10. The first-order valence-corrected chi connectivity index (χ1v) is 10.2. The van der Waals surface area contributed by atoms with Crippen LogP contribution in [0.5, 0.6) is 5.75 Å². The average molecular weight is 371 g/mol. The fourth-order valence-electron chi connectivity index (χ4n) is 3.27. The highest BCUT2D eigenvalue weighted by molar-refractivity contribution is 8.00. The summed E-state index contributed by atoms with van der Waals surface area (Å²) in [7, 11) is 0. The third-order valence-corrected chi connectivity index (χ3v) is 5.76. The molecule has 2 aromatic carbocycles. The first-order chi connectivity index (χ1) is 11.8. The van der Waals surface area contributed by atoms with E-state index < -0.39 is 0 Å². The van der Waals surface area contributed by atoms with Gasteiger partial charge in [0.25, 0.3) is 0 Å². The van der Waals surface area contributed by atoms with E-state index in [2.05, 4.69) is 97.9 Å². The van der Waals surface area contributed by atoms with Gasteiger partial charge in [0, 0.05) is 9.64 Å². The summed E-state index contributed by atoms with van der Waals surface area (Å²) < 4.78 is 0.0721. The lowest BCUT2D eigenvalue weighted by Gasteiger charge is -2.30. The van der Waals surface area contributed by atoms with Gasteiger partial charge in [0.15, 0.2) is 0 Å². The average Bonchev–Trinajstić information content (AvgIpc) is 2.46. The van der Waals surface area contributed by atoms with Gasteiger partial charge in [0.05, 0.1) is 0 Å². The first kappa shape index (κ1) is 20.9. The molecule has 1 N–H and O–H groups in total. The third-order valence-electron chi connectivity index (χ3n) is 4.55. The fraction of sp³-hybridized carbons (Fsp3) is 0.500. The molecule has 0 heterocycles. The lowest BCUT2D eigenvalue weighted by atomic mass is 9.77. The molecule has 0 spiro atoms. The minimum Gasteiger partial charge on any atom is -0.507 e. The standard InChI is InChI=1S/C24H34OS/c1-22(2,3)19-14-17(15-20(21(19)25)23(4,5)6)16-24(7,8)26-18-12-10-9-11-13-18/h9-15,25H,16H2,1-8H3. The highest BCUT2D eigenvalue weighted by Gasteiger charge is 2.28. The SMILES string of the molecule is CC(C)(Cc1cc(C(C)(C)C)c(O)c(C(C)(C)C)c1)Sc1ccccc1. The van der Waals surface area contributed by atoms with Crippen LogP contribution in [0.25, 0.3) is 0 Å². The molecule has 142 valence electrons. The van der Waals surface area contributed by atoms with Gasteiger partial charge < -0.3 is 5.11 Å². The Morgan fingerprint density at radius 3 is 1.65 bits per heavy atom. The molecule has 0 radical (unpaired) electrons. The Morgan fingerprint density at radius 2 is 1.23 bits per heavy atom. The van der Waals surface area contributed by atoms with Crippen LogP contribution in [0.1, 0.15) is 72.1 Å². The van der Waals surface area contributed by atoms with Crippen LogP contribution in [0.4, 0.5) is 0 Å². The van der Waals surface area contributed by atoms with Crippen molar-refractivity contribution in [2.45, 2.75) is 82.3 Å². The van der Waals surface area contributed by atoms with Gasteiger partial charge in [-0.2, -0.15) is 0 Å². The quantitative estimate of drug-likeness (QED) is 0.579. The smallest absolute Gasteiger partial charge is 0.123 e. The van der Waals surface area contributed by atoms with Gasteiger partial charge >= 0.3 is 0 Å². The molecule has 0 saturated carbocycles. The van der Waals surface area contributed by atoms with Crippen molar-refractivity contribution in [2.75, 3.05) is 0 Å². The van der Waals surface area contributed by atoms with Crippen LogP contribution in [0, 0.1) is 0 Å². The van der Waals surface area contributed by atoms with E-state index in [1.165, 1.54) is 10.5 Å². The third kappa shape index (κ3) is 5.30. The second kappa shape index (κ2) is 7.31. The van der Waals surface area contributed by atoms with E-state index in [1.807, 2.05) is 11.8 Å². The van der Waals surface area contributed by atoms with E-state index in [-0.39, 0.29) is 15.6 Å². The van der Waals surface area contributed by atoms with Crippen molar-refractivity contribution in [3.63, 3.8) is 0 Å². The maximum absolute atomic E-state index is 10.9. The summed E-state index contributed by atoms with van der Waals surface area (Å²) in [6.07, 6.45) is 0.957. The van der Waals surface area contributed by atoms with Crippen LogP contribution in [0.15, 0.2) is 47.4 Å². The minimum absolute atomic E-state index is 0.0721. The highest BCUT2D eigenvalue weighted by atomic mass is 32.2. The van der Waals surface area contributed by atoms with Gasteiger partial charge in [0.1, 0.15) is 5.75 Å². The molecule has 2 rings (SSSR count). The van der Waals surface area contributed by atoms with Crippen LogP contribution in [-0.2, 0) is 17.3 Å². The molecule has 0 aliphatic carbocycles. The van der Waals surface area contributed by atoms with Crippen LogP contribution in [0.3, 0.4) is 0 Å². The summed E-state index contributed by atoms with van der Waals surface area (Å²) in [4.78, 5) is 1.29. The number of phenols is 1. The van der Waals surface area contributed by atoms with Crippen molar-refractivity contribution >= 4 is 11.8 Å². The van der Waals surface area contributed by atoms with Crippen LogP contribution >= 0.6 is 11.8 Å². The Labute approximate surface area is 164 Å². The van der Waals surface area contributed by atoms with Crippen molar-refractivity contribution in [3.8, 4) is 5.75 Å². The molecule has 26 heavy (non-hydrogen) atoms. The largest absolute Gasteiger partial charge is 0.507 e. The Morgan fingerprint density at radius 1 is 0.769 bits per heavy atom. The number of aromatic hydroxyl groups is 1. The van der Waals surface area contributed by atoms with Crippen LogP contribution < -0.4 is 0 Å². The number of hydrogen-bond donors (Lipinski definition) is 1. The van der Waals surface area contributed by atoms with Gasteiger partial charge in [-0.25, -0.2) is 0 Å². The summed E-state index contributed by atoms with van der Waals surface area (Å²) in [6.45, 7) is 17.6. The predicted molar refractivity (Wildman–Crippen MR) is 116 cm³/mol. The summed E-state index contributed by atoms with van der Waals surface area (Å²) in [5.41, 5.74) is 3.21. The van der Waals surface area contributed by atoms with Crippen molar-refractivity contribution < 1.29 is 5.11 Å². The fourth-order valence-corrected chi connectivity index (χ4v) is 4.45. The second-order valence-corrected chi connectivity index (χ2v) is 11.7. The molecule has 0 saturated heterocycles. The van der Waals surface area contributed by atoms with Gasteiger partial charge in [-0.15, -0.1) is 11.8 Å². The van der Waals surface area contributed by atoms with Crippen molar-refractivity contribution in [1.29, 1.82) is 0 Å². The summed E-state index contributed by atoms with van der Waals surface area (Å²) in [5.74, 6) is 0.460. The molecule has 0 amide bonds. The summed E-state index contributed by atoms with van der Waals surface area (Å²) >= 11 is 1.91. The second-order valence-electron chi connectivity index (χ2n) is 9.89. The molecule has 0 bridgehead atoms. The van der Waals surface area contributed by atoms with Gasteiger partial charge in [-0.05, 0) is 46.1 Å². The zero-order chi connectivity index (χ0) is 19.8. The van der Waals surface area contributed by atoms with E-state index in [0.717, 1.165) is 17.5 Å². The van der Waals surface area contributed by atoms with Crippen LogP contribution in [0.2, 0.25) is 0 Å².